The Hall–Kier alpha value is -2.20. The average molecular weight is 244 g/mol. The lowest BCUT2D eigenvalue weighted by atomic mass is 9.92. The number of ether oxygens (including phenoxy) is 2. The molecular formula is C14H16N2O2. The van der Waals surface area contributed by atoms with Crippen LogP contribution >= 0.6 is 0 Å². The van der Waals surface area contributed by atoms with E-state index in [4.69, 9.17) is 20.0 Å². The van der Waals surface area contributed by atoms with Crippen molar-refractivity contribution in [3.63, 3.8) is 0 Å². The Morgan fingerprint density at radius 3 is 2.11 bits per heavy atom. The van der Waals surface area contributed by atoms with Crippen LogP contribution in [0, 0.1) is 36.9 Å². The van der Waals surface area contributed by atoms with Crippen LogP contribution in [0.5, 0.6) is 0 Å². The van der Waals surface area contributed by atoms with Gasteiger partial charge in [-0.2, -0.15) is 10.5 Å². The lowest BCUT2D eigenvalue weighted by Gasteiger charge is -2.21. The Bertz CT molecular complexity index is 512. The minimum Gasteiger partial charge on any atom is -0.420 e. The molecule has 0 heterocycles. The lowest BCUT2D eigenvalue weighted by Crippen LogP contribution is -2.08. The molecule has 0 amide bonds. The molecule has 0 spiro atoms. The molecule has 1 aromatic carbocycles. The average Bonchev–Trinajstić information content (AvgIpc) is 2.32. The van der Waals surface area contributed by atoms with Crippen LogP contribution in [0.2, 0.25) is 0 Å². The zero-order valence-electron chi connectivity index (χ0n) is 11.0. The van der Waals surface area contributed by atoms with Crippen molar-refractivity contribution in [2.45, 2.75) is 39.9 Å². The normalized spacial score (nSPS) is 13.0. The molecule has 4 heteroatoms. The molecular weight excluding hydrogens is 228 g/mol. The highest BCUT2D eigenvalue weighted by atomic mass is 16.5. The van der Waals surface area contributed by atoms with Crippen LogP contribution in [0.25, 0.3) is 0 Å². The second-order valence-corrected chi connectivity index (χ2v) is 4.21. The number of hydrogen-bond donors (Lipinski definition) is 0. The molecule has 2 unspecified atom stereocenters. The van der Waals surface area contributed by atoms with Crippen LogP contribution in [0.3, 0.4) is 0 Å². The molecule has 2 atom stereocenters. The first kappa shape index (κ1) is 13.9. The smallest absolute Gasteiger partial charge is 0.286 e. The first-order valence-corrected chi connectivity index (χ1v) is 5.72. The van der Waals surface area contributed by atoms with Gasteiger partial charge in [0.05, 0.1) is 0 Å². The van der Waals surface area contributed by atoms with Gasteiger partial charge in [0.15, 0.2) is 0 Å². The Morgan fingerprint density at radius 2 is 1.56 bits per heavy atom. The number of nitriles is 2. The second-order valence-electron chi connectivity index (χ2n) is 4.21. The van der Waals surface area contributed by atoms with Crippen molar-refractivity contribution >= 4 is 0 Å². The van der Waals surface area contributed by atoms with E-state index in [1.807, 2.05) is 32.9 Å². The molecule has 1 aromatic rings. The van der Waals surface area contributed by atoms with E-state index >= 15 is 0 Å². The molecule has 0 N–H and O–H groups in total. The fourth-order valence-corrected chi connectivity index (χ4v) is 2.03. The molecule has 0 fully saturated rings. The zero-order valence-corrected chi connectivity index (χ0v) is 11.0. The van der Waals surface area contributed by atoms with Gasteiger partial charge < -0.3 is 9.47 Å². The number of benzene rings is 1. The van der Waals surface area contributed by atoms with E-state index in [1.165, 1.54) is 0 Å². The zero-order chi connectivity index (χ0) is 13.7. The minimum absolute atomic E-state index is 0.352. The number of aryl methyl sites for hydroxylation is 1. The Balaban J connectivity index is 3.31. The predicted octanol–water partition coefficient (Wildman–Crippen LogP) is 3.42. The molecule has 0 aromatic heterocycles. The number of rotatable bonds is 4. The monoisotopic (exact) mass is 244 g/mol. The summed E-state index contributed by atoms with van der Waals surface area (Å²) in [5.74, 6) is 0. The third-order valence-corrected chi connectivity index (χ3v) is 3.12. The van der Waals surface area contributed by atoms with E-state index < -0.39 is 0 Å². The van der Waals surface area contributed by atoms with E-state index in [-0.39, 0.29) is 12.2 Å². The first-order chi connectivity index (χ1) is 8.52. The van der Waals surface area contributed by atoms with Gasteiger partial charge in [0.25, 0.3) is 12.5 Å². The van der Waals surface area contributed by atoms with E-state index in [0.29, 0.717) is 0 Å². The van der Waals surface area contributed by atoms with Gasteiger partial charge in [-0.25, -0.2) is 0 Å². The largest absolute Gasteiger partial charge is 0.420 e. The molecule has 0 aliphatic carbocycles. The van der Waals surface area contributed by atoms with Crippen molar-refractivity contribution in [3.8, 4) is 12.5 Å². The highest BCUT2D eigenvalue weighted by molar-refractivity contribution is 5.42. The summed E-state index contributed by atoms with van der Waals surface area (Å²) in [4.78, 5) is 0. The fourth-order valence-electron chi connectivity index (χ4n) is 2.03. The van der Waals surface area contributed by atoms with Crippen LogP contribution in [0.4, 0.5) is 0 Å². The van der Waals surface area contributed by atoms with E-state index in [9.17, 15) is 0 Å². The number of nitrogens with zero attached hydrogens (tertiary/aromatic N) is 2. The van der Waals surface area contributed by atoms with Gasteiger partial charge in [0.2, 0.25) is 0 Å². The van der Waals surface area contributed by atoms with Crippen molar-refractivity contribution in [3.05, 3.63) is 34.4 Å². The molecule has 1 rings (SSSR count). The molecule has 0 aliphatic rings. The van der Waals surface area contributed by atoms with Gasteiger partial charge in [-0.15, -0.1) is 0 Å². The molecule has 0 bridgehead atoms. The standard InChI is InChI=1S/C14H16N2O2/c1-9-5-6-13(11(3)17-7-15)14(10(9)2)12(4)18-8-16/h5-6,11-12H,1-4H3. The van der Waals surface area contributed by atoms with Gasteiger partial charge >= 0.3 is 0 Å². The van der Waals surface area contributed by atoms with Gasteiger partial charge in [-0.05, 0) is 38.8 Å². The van der Waals surface area contributed by atoms with Crippen LogP contribution in [0.1, 0.15) is 48.3 Å². The summed E-state index contributed by atoms with van der Waals surface area (Å²) >= 11 is 0. The van der Waals surface area contributed by atoms with Crippen LogP contribution < -0.4 is 0 Å². The van der Waals surface area contributed by atoms with E-state index in [1.54, 1.807) is 19.4 Å². The summed E-state index contributed by atoms with van der Waals surface area (Å²) in [5.41, 5.74) is 3.97. The van der Waals surface area contributed by atoms with Crippen LogP contribution in [-0.4, -0.2) is 0 Å². The van der Waals surface area contributed by atoms with Crippen LogP contribution in [-0.2, 0) is 9.47 Å². The highest BCUT2D eigenvalue weighted by Crippen LogP contribution is 2.32. The molecule has 0 aliphatic heterocycles. The van der Waals surface area contributed by atoms with E-state index in [2.05, 4.69) is 0 Å². The minimum atomic E-state index is -0.353. The lowest BCUT2D eigenvalue weighted by molar-refractivity contribution is 0.160. The molecule has 94 valence electrons. The van der Waals surface area contributed by atoms with Gasteiger partial charge in [0, 0.05) is 11.1 Å². The maximum absolute atomic E-state index is 8.64. The fraction of sp³-hybridized carbons (Fsp3) is 0.429. The highest BCUT2D eigenvalue weighted by Gasteiger charge is 2.20. The van der Waals surface area contributed by atoms with Crippen molar-refractivity contribution in [2.24, 2.45) is 0 Å². The van der Waals surface area contributed by atoms with Crippen molar-refractivity contribution in [1.29, 1.82) is 10.5 Å². The van der Waals surface area contributed by atoms with Gasteiger partial charge in [0.1, 0.15) is 12.2 Å². The molecule has 0 saturated heterocycles. The molecule has 4 nitrogen and oxygen atoms in total. The maximum atomic E-state index is 8.64. The molecule has 0 radical (unpaired) electrons. The summed E-state index contributed by atoms with van der Waals surface area (Å²) in [5, 5.41) is 17.2. The summed E-state index contributed by atoms with van der Waals surface area (Å²) in [7, 11) is 0. The quantitative estimate of drug-likeness (QED) is 0.761. The number of hydrogen-bond acceptors (Lipinski definition) is 4. The van der Waals surface area contributed by atoms with Crippen LogP contribution in [0.15, 0.2) is 12.1 Å². The summed E-state index contributed by atoms with van der Waals surface area (Å²) in [6.45, 7) is 7.59. The summed E-state index contributed by atoms with van der Waals surface area (Å²) < 4.78 is 9.96. The summed E-state index contributed by atoms with van der Waals surface area (Å²) in [6.07, 6.45) is 2.69. The predicted molar refractivity (Wildman–Crippen MR) is 66.1 cm³/mol. The Kier molecular flexibility index (Phi) is 4.57. The maximum Gasteiger partial charge on any atom is 0.286 e. The Morgan fingerprint density at radius 1 is 1.00 bits per heavy atom. The second kappa shape index (κ2) is 5.93. The Labute approximate surface area is 107 Å². The van der Waals surface area contributed by atoms with Crippen molar-refractivity contribution in [1.82, 2.24) is 0 Å². The molecule has 18 heavy (non-hydrogen) atoms. The van der Waals surface area contributed by atoms with Crippen molar-refractivity contribution in [2.75, 3.05) is 0 Å². The van der Waals surface area contributed by atoms with Gasteiger partial charge in [-0.1, -0.05) is 12.1 Å². The third-order valence-electron chi connectivity index (χ3n) is 3.12. The first-order valence-electron chi connectivity index (χ1n) is 5.72. The third kappa shape index (κ3) is 2.73. The van der Waals surface area contributed by atoms with Gasteiger partial charge in [-0.3, -0.25) is 0 Å². The SMILES string of the molecule is Cc1ccc(C(C)OC#N)c(C(C)OC#N)c1C. The molecule has 0 saturated carbocycles. The van der Waals surface area contributed by atoms with Crippen molar-refractivity contribution < 1.29 is 9.47 Å². The van der Waals surface area contributed by atoms with E-state index in [0.717, 1.165) is 22.3 Å². The summed E-state index contributed by atoms with van der Waals surface area (Å²) in [6, 6.07) is 3.89. The topological polar surface area (TPSA) is 66.0 Å².